The Labute approximate surface area is 142 Å². The predicted octanol–water partition coefficient (Wildman–Crippen LogP) is 2.67. The lowest BCUT2D eigenvalue weighted by Gasteiger charge is -2.20. The molecule has 1 aliphatic carbocycles. The van der Waals surface area contributed by atoms with Crippen molar-refractivity contribution in [1.82, 2.24) is 15.1 Å². The summed E-state index contributed by atoms with van der Waals surface area (Å²) in [5.74, 6) is 0.428. The van der Waals surface area contributed by atoms with Crippen LogP contribution in [-0.2, 0) is 24.1 Å². The van der Waals surface area contributed by atoms with E-state index in [0.29, 0.717) is 11.5 Å². The van der Waals surface area contributed by atoms with Gasteiger partial charge in [-0.05, 0) is 42.5 Å². The van der Waals surface area contributed by atoms with Crippen LogP contribution in [0.5, 0.6) is 0 Å². The molecule has 0 bridgehead atoms. The maximum atomic E-state index is 11.5. The Morgan fingerprint density at radius 1 is 1.25 bits per heavy atom. The predicted molar refractivity (Wildman–Crippen MR) is 91.0 cm³/mol. The molecule has 1 N–H and O–H groups in total. The largest absolute Gasteiger partial charge is 0.465 e. The molecule has 1 fully saturated rings. The minimum Gasteiger partial charge on any atom is -0.465 e. The first-order valence-electron chi connectivity index (χ1n) is 8.70. The summed E-state index contributed by atoms with van der Waals surface area (Å²) in [7, 11) is 1.41. The third-order valence-electron chi connectivity index (χ3n) is 5.09. The lowest BCUT2D eigenvalue weighted by molar-refractivity contribution is 0.0600. The van der Waals surface area contributed by atoms with Crippen LogP contribution in [0.2, 0.25) is 0 Å². The summed E-state index contributed by atoms with van der Waals surface area (Å²) in [5, 5.41) is 7.83. The Hall–Kier alpha value is -2.14. The van der Waals surface area contributed by atoms with Gasteiger partial charge in [0.25, 0.3) is 0 Å². The van der Waals surface area contributed by atoms with Gasteiger partial charge in [0, 0.05) is 37.7 Å². The van der Waals surface area contributed by atoms with Crippen molar-refractivity contribution in [2.24, 2.45) is 0 Å². The number of H-pyrrole nitrogens is 1. The maximum absolute atomic E-state index is 11.5. The summed E-state index contributed by atoms with van der Waals surface area (Å²) >= 11 is 0. The summed E-state index contributed by atoms with van der Waals surface area (Å²) in [5.41, 5.74) is 5.97. The molecule has 2 heterocycles. The Balaban J connectivity index is 1.40. The van der Waals surface area contributed by atoms with Gasteiger partial charge >= 0.3 is 5.97 Å². The van der Waals surface area contributed by atoms with E-state index in [1.807, 2.05) is 24.3 Å². The van der Waals surface area contributed by atoms with Gasteiger partial charge in [-0.2, -0.15) is 5.10 Å². The van der Waals surface area contributed by atoms with Crippen molar-refractivity contribution >= 4 is 5.97 Å². The third-order valence-corrected chi connectivity index (χ3v) is 5.09. The second kappa shape index (κ2) is 6.40. The van der Waals surface area contributed by atoms with Gasteiger partial charge in [-0.3, -0.25) is 10.00 Å². The number of fused-ring (bicyclic) bond motifs is 1. The van der Waals surface area contributed by atoms with Gasteiger partial charge in [-0.15, -0.1) is 0 Å². The van der Waals surface area contributed by atoms with Gasteiger partial charge in [0.05, 0.1) is 18.4 Å². The second-order valence-corrected chi connectivity index (χ2v) is 6.80. The zero-order valence-electron chi connectivity index (χ0n) is 14.0. The molecule has 126 valence electrons. The highest BCUT2D eigenvalue weighted by Gasteiger charge is 2.31. The van der Waals surface area contributed by atoms with Crippen molar-refractivity contribution < 1.29 is 9.53 Å². The number of carbonyl (C=O) groups excluding carboxylic acids is 1. The van der Waals surface area contributed by atoms with E-state index in [0.717, 1.165) is 32.5 Å². The zero-order valence-corrected chi connectivity index (χ0v) is 14.0. The Kier molecular flexibility index (Phi) is 4.10. The number of benzene rings is 1. The van der Waals surface area contributed by atoms with Crippen LogP contribution in [-0.4, -0.2) is 41.3 Å². The number of ether oxygens (including phenoxy) is 1. The van der Waals surface area contributed by atoms with Crippen LogP contribution >= 0.6 is 0 Å². The molecule has 1 aromatic carbocycles. The number of rotatable bonds is 4. The normalized spacial score (nSPS) is 18.0. The molecular weight excluding hydrogens is 302 g/mol. The fourth-order valence-electron chi connectivity index (χ4n) is 3.53. The maximum Gasteiger partial charge on any atom is 0.337 e. The Morgan fingerprint density at radius 2 is 2.00 bits per heavy atom. The number of hydrogen-bond donors (Lipinski definition) is 1. The Morgan fingerprint density at radius 3 is 2.71 bits per heavy atom. The van der Waals surface area contributed by atoms with Crippen LogP contribution in [0.4, 0.5) is 0 Å². The molecular formula is C19H23N3O2. The molecule has 5 nitrogen and oxygen atoms in total. The van der Waals surface area contributed by atoms with Crippen molar-refractivity contribution in [2.75, 3.05) is 20.2 Å². The van der Waals surface area contributed by atoms with Crippen molar-refractivity contribution in [3.05, 3.63) is 52.3 Å². The summed E-state index contributed by atoms with van der Waals surface area (Å²) in [4.78, 5) is 14.0. The number of aromatic amines is 1. The highest BCUT2D eigenvalue weighted by molar-refractivity contribution is 5.89. The van der Waals surface area contributed by atoms with Crippen LogP contribution in [0.25, 0.3) is 0 Å². The molecule has 0 amide bonds. The first kappa shape index (κ1) is 15.4. The van der Waals surface area contributed by atoms with Crippen LogP contribution in [0, 0.1) is 0 Å². The van der Waals surface area contributed by atoms with E-state index in [9.17, 15) is 4.79 Å². The standard InChI is InChI=1S/C19H23N3O2/c1-24-19(23)15-4-2-13(3-5-15)12-22-10-8-16-17(9-11-22)20-21-18(16)14-6-7-14/h2-5,14H,6-12H2,1H3,(H,20,21). The number of nitrogens with one attached hydrogen (secondary N) is 1. The van der Waals surface area contributed by atoms with Crippen molar-refractivity contribution in [3.8, 4) is 0 Å². The number of hydrogen-bond acceptors (Lipinski definition) is 4. The number of carbonyl (C=O) groups is 1. The van der Waals surface area contributed by atoms with E-state index in [4.69, 9.17) is 4.74 Å². The van der Waals surface area contributed by atoms with E-state index in [-0.39, 0.29) is 5.97 Å². The van der Waals surface area contributed by atoms with E-state index >= 15 is 0 Å². The van der Waals surface area contributed by atoms with Gasteiger partial charge in [-0.1, -0.05) is 12.1 Å². The highest BCUT2D eigenvalue weighted by Crippen LogP contribution is 2.41. The van der Waals surface area contributed by atoms with Crippen molar-refractivity contribution in [1.29, 1.82) is 0 Å². The molecule has 0 spiro atoms. The lowest BCUT2D eigenvalue weighted by Crippen LogP contribution is -2.26. The third kappa shape index (κ3) is 3.08. The molecule has 0 radical (unpaired) electrons. The smallest absolute Gasteiger partial charge is 0.337 e. The number of esters is 1. The van der Waals surface area contributed by atoms with Crippen LogP contribution in [0.15, 0.2) is 24.3 Å². The van der Waals surface area contributed by atoms with Crippen LogP contribution < -0.4 is 0 Å². The summed E-state index contributed by atoms with van der Waals surface area (Å²) < 4.78 is 4.75. The number of nitrogens with zero attached hydrogens (tertiary/aromatic N) is 2. The first-order valence-corrected chi connectivity index (χ1v) is 8.70. The summed E-state index contributed by atoms with van der Waals surface area (Å²) in [6.07, 6.45) is 4.72. The zero-order chi connectivity index (χ0) is 16.5. The minimum absolute atomic E-state index is 0.282. The minimum atomic E-state index is -0.282. The molecule has 2 aliphatic rings. The first-order chi connectivity index (χ1) is 11.7. The molecule has 0 atom stereocenters. The van der Waals surface area contributed by atoms with E-state index in [2.05, 4.69) is 15.1 Å². The SMILES string of the molecule is COC(=O)c1ccc(CN2CCc3[nH]nc(C4CC4)c3CC2)cc1. The molecule has 5 heteroatoms. The number of methoxy groups -OCH3 is 1. The quantitative estimate of drug-likeness (QED) is 0.878. The van der Waals surface area contributed by atoms with Crippen LogP contribution in [0.3, 0.4) is 0 Å². The monoisotopic (exact) mass is 325 g/mol. The molecule has 1 aliphatic heterocycles. The van der Waals surface area contributed by atoms with Crippen LogP contribution in [0.1, 0.15) is 51.6 Å². The average Bonchev–Trinajstić information content (AvgIpc) is 3.41. The van der Waals surface area contributed by atoms with Crippen molar-refractivity contribution in [3.63, 3.8) is 0 Å². The van der Waals surface area contributed by atoms with Gasteiger partial charge in [0.1, 0.15) is 0 Å². The van der Waals surface area contributed by atoms with Crippen molar-refractivity contribution in [2.45, 2.75) is 38.1 Å². The molecule has 24 heavy (non-hydrogen) atoms. The van der Waals surface area contributed by atoms with Gasteiger partial charge in [0.2, 0.25) is 0 Å². The van der Waals surface area contributed by atoms with Gasteiger partial charge in [-0.25, -0.2) is 4.79 Å². The van der Waals surface area contributed by atoms with Gasteiger partial charge < -0.3 is 4.74 Å². The fraction of sp³-hybridized carbons (Fsp3) is 0.474. The van der Waals surface area contributed by atoms with Gasteiger partial charge in [0.15, 0.2) is 0 Å². The molecule has 1 aromatic heterocycles. The summed E-state index contributed by atoms with van der Waals surface area (Å²) in [6.45, 7) is 3.01. The average molecular weight is 325 g/mol. The Bertz CT molecular complexity index is 732. The molecule has 4 rings (SSSR count). The van der Waals surface area contributed by atoms with E-state index in [1.54, 1.807) is 0 Å². The summed E-state index contributed by atoms with van der Waals surface area (Å²) in [6, 6.07) is 7.73. The second-order valence-electron chi connectivity index (χ2n) is 6.80. The fourth-order valence-corrected chi connectivity index (χ4v) is 3.53. The highest BCUT2D eigenvalue weighted by atomic mass is 16.5. The molecule has 1 saturated carbocycles. The van der Waals surface area contributed by atoms with E-state index in [1.165, 1.54) is 42.5 Å². The molecule has 0 saturated heterocycles. The number of aromatic nitrogens is 2. The lowest BCUT2D eigenvalue weighted by atomic mass is 10.1. The topological polar surface area (TPSA) is 58.2 Å². The molecule has 2 aromatic rings. The molecule has 0 unspecified atom stereocenters. The van der Waals surface area contributed by atoms with E-state index < -0.39 is 0 Å².